The molecule has 0 aliphatic rings. The molecule has 0 saturated carbocycles. The maximum atomic E-state index is 12.0. The van der Waals surface area contributed by atoms with Gasteiger partial charge in [0, 0.05) is 29.9 Å². The molecule has 1 N–H and O–H groups in total. The van der Waals surface area contributed by atoms with Gasteiger partial charge in [-0.3, -0.25) is 10.1 Å². The van der Waals surface area contributed by atoms with Gasteiger partial charge in [0.1, 0.15) is 23.9 Å². The first-order valence-electron chi connectivity index (χ1n) is 10.1. The van der Waals surface area contributed by atoms with Gasteiger partial charge in [-0.1, -0.05) is 30.9 Å². The monoisotopic (exact) mass is 448 g/mol. The topological polar surface area (TPSA) is 99.9 Å². The Bertz CT molecular complexity index is 1160. The van der Waals surface area contributed by atoms with Crippen LogP contribution in [0.2, 0.25) is 0 Å². The largest absolute Gasteiger partial charge is 0.489 e. The Balaban J connectivity index is 1.70. The number of esters is 1. The van der Waals surface area contributed by atoms with Gasteiger partial charge in [-0.25, -0.2) is 4.79 Å². The quantitative estimate of drug-likeness (QED) is 0.185. The minimum Gasteiger partial charge on any atom is -0.489 e. The maximum absolute atomic E-state index is 12.0. The molecule has 0 fully saturated rings. The summed E-state index contributed by atoms with van der Waals surface area (Å²) in [7, 11) is 1.31. The number of ether oxygens (including phenoxy) is 3. The van der Waals surface area contributed by atoms with Gasteiger partial charge in [-0.2, -0.15) is 0 Å². The number of rotatable bonds is 10. The zero-order valence-corrected chi connectivity index (χ0v) is 18.4. The fourth-order valence-corrected chi connectivity index (χ4v) is 3.13. The summed E-state index contributed by atoms with van der Waals surface area (Å²) >= 11 is 0. The van der Waals surface area contributed by atoms with Crippen molar-refractivity contribution in [2.75, 3.05) is 19.0 Å². The SMILES string of the molecule is C=CCOc1cc(Oc2ccc(CNc3cccc([N+](=O)[O-])c3C)cc2)cc(C(=O)OC)c1. The van der Waals surface area contributed by atoms with Crippen LogP contribution in [-0.4, -0.2) is 24.6 Å². The molecule has 0 amide bonds. The summed E-state index contributed by atoms with van der Waals surface area (Å²) in [4.78, 5) is 22.7. The van der Waals surface area contributed by atoms with Crippen molar-refractivity contribution in [1.29, 1.82) is 0 Å². The van der Waals surface area contributed by atoms with E-state index in [2.05, 4.69) is 11.9 Å². The number of benzene rings is 3. The van der Waals surface area contributed by atoms with Crippen LogP contribution in [0.1, 0.15) is 21.5 Å². The number of nitro benzene ring substituents is 1. The van der Waals surface area contributed by atoms with Gasteiger partial charge in [0.15, 0.2) is 0 Å². The Labute approximate surface area is 191 Å². The number of nitrogens with zero attached hydrogens (tertiary/aromatic N) is 1. The number of nitro groups is 1. The van der Waals surface area contributed by atoms with Crippen LogP contribution in [0.3, 0.4) is 0 Å². The highest BCUT2D eigenvalue weighted by Gasteiger charge is 2.13. The molecule has 0 heterocycles. The summed E-state index contributed by atoms with van der Waals surface area (Å²) < 4.78 is 16.2. The highest BCUT2D eigenvalue weighted by atomic mass is 16.6. The lowest BCUT2D eigenvalue weighted by atomic mass is 10.1. The van der Waals surface area contributed by atoms with E-state index in [-0.39, 0.29) is 12.3 Å². The molecular weight excluding hydrogens is 424 g/mol. The van der Waals surface area contributed by atoms with Gasteiger partial charge in [0.2, 0.25) is 0 Å². The van der Waals surface area contributed by atoms with Crippen LogP contribution < -0.4 is 14.8 Å². The third-order valence-electron chi connectivity index (χ3n) is 4.81. The molecule has 0 radical (unpaired) electrons. The summed E-state index contributed by atoms with van der Waals surface area (Å²) in [5, 5.41) is 14.3. The number of hydrogen-bond donors (Lipinski definition) is 1. The predicted octanol–water partition coefficient (Wildman–Crippen LogP) is 5.66. The van der Waals surface area contributed by atoms with E-state index in [4.69, 9.17) is 14.2 Å². The van der Waals surface area contributed by atoms with Gasteiger partial charge in [0.05, 0.1) is 17.6 Å². The smallest absolute Gasteiger partial charge is 0.338 e. The van der Waals surface area contributed by atoms with Crippen molar-refractivity contribution in [2.24, 2.45) is 0 Å². The normalized spacial score (nSPS) is 10.2. The second kappa shape index (κ2) is 10.8. The van der Waals surface area contributed by atoms with Gasteiger partial charge < -0.3 is 19.5 Å². The second-order valence-electron chi connectivity index (χ2n) is 7.09. The molecule has 33 heavy (non-hydrogen) atoms. The Morgan fingerprint density at radius 3 is 2.48 bits per heavy atom. The Kier molecular flexibility index (Phi) is 7.64. The lowest BCUT2D eigenvalue weighted by molar-refractivity contribution is -0.385. The molecule has 0 bridgehead atoms. The predicted molar refractivity (Wildman–Crippen MR) is 125 cm³/mol. The Morgan fingerprint density at radius 2 is 1.82 bits per heavy atom. The van der Waals surface area contributed by atoms with Crippen molar-refractivity contribution in [3.63, 3.8) is 0 Å². The molecular formula is C25H24N2O6. The highest BCUT2D eigenvalue weighted by molar-refractivity contribution is 5.90. The average molecular weight is 448 g/mol. The maximum Gasteiger partial charge on any atom is 0.338 e. The fraction of sp³-hybridized carbons (Fsp3) is 0.160. The molecule has 0 spiro atoms. The standard InChI is InChI=1S/C25H24N2O6/c1-4-12-32-21-13-19(25(28)31-3)14-22(15-21)33-20-10-8-18(9-11-20)16-26-23-6-5-7-24(17(23)2)27(29)30/h4-11,13-15,26H,1,12,16H2,2-3H3. The summed E-state index contributed by atoms with van der Waals surface area (Å²) in [6.45, 7) is 6.10. The first-order valence-corrected chi connectivity index (χ1v) is 10.1. The number of carbonyl (C=O) groups is 1. The molecule has 0 aromatic heterocycles. The van der Waals surface area contributed by atoms with Crippen LogP contribution in [-0.2, 0) is 11.3 Å². The van der Waals surface area contributed by atoms with Gasteiger partial charge in [-0.05, 0) is 42.8 Å². The number of hydrogen-bond acceptors (Lipinski definition) is 7. The summed E-state index contributed by atoms with van der Waals surface area (Å²) in [6.07, 6.45) is 1.60. The van der Waals surface area contributed by atoms with Crippen LogP contribution in [0, 0.1) is 17.0 Å². The van der Waals surface area contributed by atoms with E-state index in [1.165, 1.54) is 13.2 Å². The van der Waals surface area contributed by atoms with Crippen molar-refractivity contribution in [1.82, 2.24) is 0 Å². The summed E-state index contributed by atoms with van der Waals surface area (Å²) in [5.41, 5.74) is 2.64. The number of methoxy groups -OCH3 is 1. The van der Waals surface area contributed by atoms with Crippen LogP contribution in [0.4, 0.5) is 11.4 Å². The van der Waals surface area contributed by atoms with Crippen LogP contribution in [0.5, 0.6) is 17.2 Å². The number of anilines is 1. The van der Waals surface area contributed by atoms with E-state index in [9.17, 15) is 14.9 Å². The molecule has 0 unspecified atom stereocenters. The van der Waals surface area contributed by atoms with Crippen LogP contribution in [0.25, 0.3) is 0 Å². The molecule has 0 saturated heterocycles. The molecule has 0 atom stereocenters. The van der Waals surface area contributed by atoms with Crippen molar-refractivity contribution >= 4 is 17.3 Å². The van der Waals surface area contributed by atoms with Crippen LogP contribution in [0.15, 0.2) is 73.3 Å². The van der Waals surface area contributed by atoms with E-state index in [1.807, 2.05) is 12.1 Å². The van der Waals surface area contributed by atoms with E-state index in [0.717, 1.165) is 5.56 Å². The highest BCUT2D eigenvalue weighted by Crippen LogP contribution is 2.29. The van der Waals surface area contributed by atoms with Gasteiger partial charge >= 0.3 is 5.97 Å². The zero-order chi connectivity index (χ0) is 23.8. The summed E-state index contributed by atoms with van der Waals surface area (Å²) in [6, 6.07) is 17.1. The average Bonchev–Trinajstić information content (AvgIpc) is 2.82. The van der Waals surface area contributed by atoms with Gasteiger partial charge in [-0.15, -0.1) is 0 Å². The first-order chi connectivity index (χ1) is 15.9. The molecule has 0 aliphatic heterocycles. The molecule has 3 aromatic carbocycles. The molecule has 8 nitrogen and oxygen atoms in total. The second-order valence-corrected chi connectivity index (χ2v) is 7.09. The third kappa shape index (κ3) is 6.10. The molecule has 170 valence electrons. The van der Waals surface area contributed by atoms with Crippen molar-refractivity contribution < 1.29 is 23.9 Å². The zero-order valence-electron chi connectivity index (χ0n) is 18.4. The van der Waals surface area contributed by atoms with Crippen molar-refractivity contribution in [3.05, 3.63) is 100 Å². The number of nitrogens with one attached hydrogen (secondary N) is 1. The van der Waals surface area contributed by atoms with E-state index < -0.39 is 10.9 Å². The number of carbonyl (C=O) groups excluding carboxylic acids is 1. The lowest BCUT2D eigenvalue weighted by Crippen LogP contribution is -2.03. The van der Waals surface area contributed by atoms with Crippen LogP contribution >= 0.6 is 0 Å². The molecule has 8 heteroatoms. The summed E-state index contributed by atoms with van der Waals surface area (Å²) in [5.74, 6) is 0.958. The molecule has 3 aromatic rings. The minimum absolute atomic E-state index is 0.0781. The van der Waals surface area contributed by atoms with E-state index >= 15 is 0 Å². The lowest BCUT2D eigenvalue weighted by Gasteiger charge is -2.12. The first kappa shape index (κ1) is 23.3. The molecule has 3 rings (SSSR count). The van der Waals surface area contributed by atoms with Crippen molar-refractivity contribution in [2.45, 2.75) is 13.5 Å². The van der Waals surface area contributed by atoms with Gasteiger partial charge in [0.25, 0.3) is 5.69 Å². The minimum atomic E-state index is -0.498. The Morgan fingerprint density at radius 1 is 1.09 bits per heavy atom. The third-order valence-corrected chi connectivity index (χ3v) is 4.81. The van der Waals surface area contributed by atoms with E-state index in [0.29, 0.717) is 40.6 Å². The van der Waals surface area contributed by atoms with Crippen molar-refractivity contribution in [3.8, 4) is 17.2 Å². The van der Waals surface area contributed by atoms with E-state index in [1.54, 1.807) is 55.5 Å². The fourth-order valence-electron chi connectivity index (χ4n) is 3.13. The Hall–Kier alpha value is -4.33. The molecule has 0 aliphatic carbocycles.